The molecule has 3 aliphatic rings. The molecule has 3 fully saturated rings. The van der Waals surface area contributed by atoms with Crippen molar-refractivity contribution in [3.63, 3.8) is 0 Å². The van der Waals surface area contributed by atoms with Crippen molar-refractivity contribution in [3.05, 3.63) is 35.4 Å². The second-order valence-corrected chi connectivity index (χ2v) is 7.01. The summed E-state index contributed by atoms with van der Waals surface area (Å²) in [5, 5.41) is 2.92. The van der Waals surface area contributed by atoms with Gasteiger partial charge in [0, 0.05) is 42.6 Å². The number of carbonyl (C=O) groups excluding carboxylic acids is 1. The first kappa shape index (κ1) is 14.9. The first-order valence-corrected chi connectivity index (χ1v) is 8.15. The summed E-state index contributed by atoms with van der Waals surface area (Å²) in [7, 11) is 0. The summed E-state index contributed by atoms with van der Waals surface area (Å²) in [6, 6.07) is 3.58. The van der Waals surface area contributed by atoms with E-state index in [1.54, 1.807) is 0 Å². The Morgan fingerprint density at radius 1 is 1.30 bits per heavy atom. The minimum absolute atomic E-state index is 0.0971. The minimum Gasteiger partial charge on any atom is -0.381 e. The molecule has 1 spiro atoms. The van der Waals surface area contributed by atoms with Gasteiger partial charge in [-0.15, -0.1) is 0 Å². The largest absolute Gasteiger partial charge is 0.381 e. The zero-order valence-corrected chi connectivity index (χ0v) is 12.9. The lowest BCUT2D eigenvalue weighted by molar-refractivity contribution is 0.152. The number of halogens is 2. The molecule has 4 nitrogen and oxygen atoms in total. The average Bonchev–Trinajstić information content (AvgIpc) is 2.97. The SMILES string of the molecule is O=C(NC1CC1c1c(F)cccc1F)N1CCC2(CCOC2)C1. The minimum atomic E-state index is -0.532. The zero-order chi connectivity index (χ0) is 16.0. The highest BCUT2D eigenvalue weighted by atomic mass is 19.1. The molecule has 3 unspecified atom stereocenters. The monoisotopic (exact) mass is 322 g/mol. The Balaban J connectivity index is 1.36. The number of benzene rings is 1. The Hall–Kier alpha value is -1.69. The predicted molar refractivity (Wildman–Crippen MR) is 80.1 cm³/mol. The summed E-state index contributed by atoms with van der Waals surface area (Å²) < 4.78 is 33.0. The van der Waals surface area contributed by atoms with Gasteiger partial charge in [-0.25, -0.2) is 13.6 Å². The molecule has 6 heteroatoms. The first-order chi connectivity index (χ1) is 11.1. The highest BCUT2D eigenvalue weighted by molar-refractivity contribution is 5.75. The Bertz CT molecular complexity index is 611. The van der Waals surface area contributed by atoms with E-state index in [2.05, 4.69) is 5.32 Å². The topological polar surface area (TPSA) is 41.6 Å². The number of nitrogens with one attached hydrogen (secondary N) is 1. The highest BCUT2D eigenvalue weighted by Gasteiger charge is 2.46. The Morgan fingerprint density at radius 2 is 2.09 bits per heavy atom. The quantitative estimate of drug-likeness (QED) is 0.909. The summed E-state index contributed by atoms with van der Waals surface area (Å²) in [5.41, 5.74) is 0.220. The zero-order valence-electron chi connectivity index (χ0n) is 12.9. The van der Waals surface area contributed by atoms with Crippen LogP contribution in [0.5, 0.6) is 0 Å². The summed E-state index contributed by atoms with van der Waals surface area (Å²) in [5.74, 6) is -1.32. The molecular formula is C17H20F2N2O2. The molecule has 23 heavy (non-hydrogen) atoms. The first-order valence-electron chi connectivity index (χ1n) is 8.15. The maximum Gasteiger partial charge on any atom is 0.317 e. The highest BCUT2D eigenvalue weighted by Crippen LogP contribution is 2.43. The lowest BCUT2D eigenvalue weighted by Gasteiger charge is -2.22. The average molecular weight is 322 g/mol. The van der Waals surface area contributed by atoms with Crippen LogP contribution in [0.25, 0.3) is 0 Å². The molecule has 1 aliphatic carbocycles. The van der Waals surface area contributed by atoms with E-state index in [4.69, 9.17) is 4.74 Å². The number of ether oxygens (including phenoxy) is 1. The molecule has 2 heterocycles. The molecule has 2 amide bonds. The van der Waals surface area contributed by atoms with E-state index >= 15 is 0 Å². The van der Waals surface area contributed by atoms with E-state index in [1.807, 2.05) is 4.90 Å². The third kappa shape index (κ3) is 2.69. The fraction of sp³-hybridized carbons (Fsp3) is 0.588. The van der Waals surface area contributed by atoms with Gasteiger partial charge < -0.3 is 15.0 Å². The smallest absolute Gasteiger partial charge is 0.317 e. The van der Waals surface area contributed by atoms with E-state index in [9.17, 15) is 13.6 Å². The van der Waals surface area contributed by atoms with Crippen molar-refractivity contribution in [3.8, 4) is 0 Å². The number of nitrogens with zero attached hydrogens (tertiary/aromatic N) is 1. The molecule has 4 rings (SSSR count). The molecule has 0 bridgehead atoms. The van der Waals surface area contributed by atoms with Gasteiger partial charge in [-0.05, 0) is 31.4 Å². The van der Waals surface area contributed by atoms with E-state index in [0.717, 1.165) is 32.6 Å². The molecule has 1 saturated carbocycles. The number of amides is 2. The molecular weight excluding hydrogens is 302 g/mol. The second kappa shape index (κ2) is 5.44. The van der Waals surface area contributed by atoms with Crippen LogP contribution in [0.1, 0.15) is 30.7 Å². The van der Waals surface area contributed by atoms with E-state index in [-0.39, 0.29) is 29.0 Å². The fourth-order valence-corrected chi connectivity index (χ4v) is 3.87. The number of rotatable bonds is 2. The van der Waals surface area contributed by atoms with Crippen molar-refractivity contribution in [1.82, 2.24) is 10.2 Å². The summed E-state index contributed by atoms with van der Waals surface area (Å²) >= 11 is 0. The molecule has 0 radical (unpaired) electrons. The molecule has 2 saturated heterocycles. The number of hydrogen-bond donors (Lipinski definition) is 1. The van der Waals surface area contributed by atoms with E-state index in [1.165, 1.54) is 18.2 Å². The standard InChI is InChI=1S/C17H20F2N2O2/c18-12-2-1-3-13(19)15(12)11-8-14(11)20-16(22)21-6-4-17(9-21)5-7-23-10-17/h1-3,11,14H,4-10H2,(H,20,22). The van der Waals surface area contributed by atoms with Crippen molar-refractivity contribution in [2.24, 2.45) is 5.41 Å². The third-order valence-electron chi connectivity index (χ3n) is 5.38. The van der Waals surface area contributed by atoms with E-state index < -0.39 is 11.6 Å². The van der Waals surface area contributed by atoms with Crippen molar-refractivity contribution in [2.45, 2.75) is 31.2 Å². The number of carbonyl (C=O) groups is 1. The molecule has 1 aromatic rings. The maximum absolute atomic E-state index is 13.8. The van der Waals surface area contributed by atoms with Crippen LogP contribution in [0, 0.1) is 17.0 Å². The lowest BCUT2D eigenvalue weighted by Crippen LogP contribution is -2.41. The normalized spacial score (nSPS) is 32.5. The van der Waals surface area contributed by atoms with Crippen LogP contribution in [-0.4, -0.2) is 43.3 Å². The molecule has 0 aromatic heterocycles. The van der Waals surface area contributed by atoms with Gasteiger partial charge in [0.05, 0.1) is 6.61 Å². The van der Waals surface area contributed by atoms with Crippen LogP contribution >= 0.6 is 0 Å². The van der Waals surface area contributed by atoms with Gasteiger partial charge in [0.15, 0.2) is 0 Å². The van der Waals surface area contributed by atoms with Gasteiger partial charge >= 0.3 is 6.03 Å². The molecule has 1 aromatic carbocycles. The van der Waals surface area contributed by atoms with Crippen LogP contribution in [0.2, 0.25) is 0 Å². The molecule has 124 valence electrons. The van der Waals surface area contributed by atoms with E-state index in [0.29, 0.717) is 13.0 Å². The van der Waals surface area contributed by atoms with Crippen molar-refractivity contribution >= 4 is 6.03 Å². The van der Waals surface area contributed by atoms with Gasteiger partial charge in [0.2, 0.25) is 0 Å². The van der Waals surface area contributed by atoms with Gasteiger partial charge in [-0.3, -0.25) is 0 Å². The van der Waals surface area contributed by atoms with Crippen molar-refractivity contribution in [1.29, 1.82) is 0 Å². The summed E-state index contributed by atoms with van der Waals surface area (Å²) in [4.78, 5) is 14.2. The summed E-state index contributed by atoms with van der Waals surface area (Å²) in [6.45, 7) is 2.93. The lowest BCUT2D eigenvalue weighted by atomic mass is 9.87. The maximum atomic E-state index is 13.8. The summed E-state index contributed by atoms with van der Waals surface area (Å²) in [6.07, 6.45) is 2.56. The van der Waals surface area contributed by atoms with Crippen LogP contribution in [0.3, 0.4) is 0 Å². The molecule has 3 atom stereocenters. The second-order valence-electron chi connectivity index (χ2n) is 7.01. The van der Waals surface area contributed by atoms with Crippen LogP contribution in [0.15, 0.2) is 18.2 Å². The number of likely N-dealkylation sites (tertiary alicyclic amines) is 1. The van der Waals surface area contributed by atoms with Gasteiger partial charge in [0.1, 0.15) is 11.6 Å². The van der Waals surface area contributed by atoms with Crippen molar-refractivity contribution < 1.29 is 18.3 Å². The van der Waals surface area contributed by atoms with Gasteiger partial charge in [0.25, 0.3) is 0 Å². The van der Waals surface area contributed by atoms with Crippen LogP contribution in [-0.2, 0) is 4.74 Å². The molecule has 1 N–H and O–H groups in total. The van der Waals surface area contributed by atoms with Gasteiger partial charge in [-0.1, -0.05) is 6.07 Å². The van der Waals surface area contributed by atoms with Crippen LogP contribution < -0.4 is 5.32 Å². The fourth-order valence-electron chi connectivity index (χ4n) is 3.87. The van der Waals surface area contributed by atoms with Gasteiger partial charge in [-0.2, -0.15) is 0 Å². The Morgan fingerprint density at radius 3 is 2.78 bits per heavy atom. The molecule has 2 aliphatic heterocycles. The van der Waals surface area contributed by atoms with Crippen LogP contribution in [0.4, 0.5) is 13.6 Å². The number of urea groups is 1. The Kier molecular flexibility index (Phi) is 3.52. The third-order valence-corrected chi connectivity index (χ3v) is 5.38. The number of hydrogen-bond acceptors (Lipinski definition) is 2. The Labute approximate surface area is 133 Å². The predicted octanol–water partition coefficient (Wildman–Crippen LogP) is 2.64. The van der Waals surface area contributed by atoms with Crippen molar-refractivity contribution in [2.75, 3.05) is 26.3 Å².